The van der Waals surface area contributed by atoms with Crippen LogP contribution in [0.5, 0.6) is 0 Å². The summed E-state index contributed by atoms with van der Waals surface area (Å²) in [5.74, 6) is 0.774. The molecule has 0 spiro atoms. The molecule has 0 fully saturated rings. The van der Waals surface area contributed by atoms with E-state index in [9.17, 15) is 0 Å². The first kappa shape index (κ1) is 18.9. The van der Waals surface area contributed by atoms with Gasteiger partial charge < -0.3 is 15.5 Å². The van der Waals surface area contributed by atoms with E-state index >= 15 is 0 Å². The number of hydrogen-bond donors (Lipinski definition) is 2. The van der Waals surface area contributed by atoms with Gasteiger partial charge in [-0.1, -0.05) is 34.1 Å². The molecule has 1 atom stereocenters. The van der Waals surface area contributed by atoms with Crippen molar-refractivity contribution in [3.63, 3.8) is 0 Å². The molecule has 3 heteroatoms. The Kier molecular flexibility index (Phi) is 11.6. The lowest BCUT2D eigenvalue weighted by Crippen LogP contribution is -2.40. The van der Waals surface area contributed by atoms with E-state index in [2.05, 4.69) is 57.3 Å². The molecule has 0 rings (SSSR count). The van der Waals surface area contributed by atoms with Crippen LogP contribution in [-0.2, 0) is 0 Å². The average molecular weight is 271 g/mol. The van der Waals surface area contributed by atoms with Crippen LogP contribution < -0.4 is 10.6 Å². The summed E-state index contributed by atoms with van der Waals surface area (Å²) in [6, 6.07) is 1.30. The standard InChI is InChI=1S/C16H37N3/c1-14(2)12-16(13-17-5)19(6)11-9-7-8-10-18-15(3)4/h14-18H,7-13H2,1-6H3. The van der Waals surface area contributed by atoms with E-state index in [4.69, 9.17) is 0 Å². The van der Waals surface area contributed by atoms with Gasteiger partial charge in [-0.2, -0.15) is 0 Å². The minimum atomic E-state index is 0.619. The second kappa shape index (κ2) is 11.7. The average Bonchev–Trinajstić information content (AvgIpc) is 2.31. The Morgan fingerprint density at radius 1 is 1.00 bits per heavy atom. The zero-order chi connectivity index (χ0) is 14.7. The number of hydrogen-bond acceptors (Lipinski definition) is 3. The van der Waals surface area contributed by atoms with Crippen LogP contribution in [0.25, 0.3) is 0 Å². The molecule has 0 saturated heterocycles. The summed E-state index contributed by atoms with van der Waals surface area (Å²) in [7, 11) is 4.33. The van der Waals surface area contributed by atoms with Gasteiger partial charge in [-0.15, -0.1) is 0 Å². The van der Waals surface area contributed by atoms with Crippen LogP contribution >= 0.6 is 0 Å². The van der Waals surface area contributed by atoms with Crippen LogP contribution in [-0.4, -0.2) is 50.7 Å². The quantitative estimate of drug-likeness (QED) is 0.535. The molecule has 0 heterocycles. The van der Waals surface area contributed by atoms with E-state index in [1.165, 1.54) is 32.2 Å². The van der Waals surface area contributed by atoms with Crippen LogP contribution in [0.1, 0.15) is 53.4 Å². The number of likely N-dealkylation sites (N-methyl/N-ethyl adjacent to an activating group) is 2. The maximum atomic E-state index is 3.48. The summed E-state index contributed by atoms with van der Waals surface area (Å²) >= 11 is 0. The molecule has 0 amide bonds. The highest BCUT2D eigenvalue weighted by molar-refractivity contribution is 4.72. The van der Waals surface area contributed by atoms with Crippen molar-refractivity contribution < 1.29 is 0 Å². The summed E-state index contributed by atoms with van der Waals surface area (Å²) in [6.07, 6.45) is 5.23. The molecule has 0 aromatic rings. The lowest BCUT2D eigenvalue weighted by molar-refractivity contribution is 0.206. The molecule has 2 N–H and O–H groups in total. The van der Waals surface area contributed by atoms with Crippen LogP contribution in [0, 0.1) is 5.92 Å². The molecule has 0 radical (unpaired) electrons. The topological polar surface area (TPSA) is 27.3 Å². The molecule has 0 aliphatic heterocycles. The molecule has 0 aromatic carbocycles. The third-order valence-corrected chi connectivity index (χ3v) is 3.55. The van der Waals surface area contributed by atoms with Gasteiger partial charge in [-0.3, -0.25) is 0 Å². The zero-order valence-corrected chi connectivity index (χ0v) is 14.1. The molecule has 116 valence electrons. The van der Waals surface area contributed by atoms with Crippen molar-refractivity contribution in [2.45, 2.75) is 65.5 Å². The Labute approximate surface area is 121 Å². The molecule has 3 nitrogen and oxygen atoms in total. The Balaban J connectivity index is 3.70. The van der Waals surface area contributed by atoms with Crippen molar-refractivity contribution in [3.05, 3.63) is 0 Å². The fraction of sp³-hybridized carbons (Fsp3) is 1.00. The van der Waals surface area contributed by atoms with Crippen molar-refractivity contribution in [1.29, 1.82) is 0 Å². The Bertz CT molecular complexity index is 192. The van der Waals surface area contributed by atoms with Crippen molar-refractivity contribution in [3.8, 4) is 0 Å². The first-order chi connectivity index (χ1) is 8.97. The fourth-order valence-electron chi connectivity index (χ4n) is 2.44. The summed E-state index contributed by atoms with van der Waals surface area (Å²) in [6.45, 7) is 12.5. The number of unbranched alkanes of at least 4 members (excludes halogenated alkanes) is 2. The van der Waals surface area contributed by atoms with E-state index in [-0.39, 0.29) is 0 Å². The minimum Gasteiger partial charge on any atom is -0.318 e. The second-order valence-electron chi connectivity index (χ2n) is 6.49. The monoisotopic (exact) mass is 271 g/mol. The lowest BCUT2D eigenvalue weighted by atomic mass is 10.0. The lowest BCUT2D eigenvalue weighted by Gasteiger charge is -2.29. The molecular formula is C16H37N3. The highest BCUT2D eigenvalue weighted by Gasteiger charge is 2.14. The highest BCUT2D eigenvalue weighted by Crippen LogP contribution is 2.10. The Morgan fingerprint density at radius 2 is 1.68 bits per heavy atom. The molecule has 0 bridgehead atoms. The molecule has 1 unspecified atom stereocenters. The van der Waals surface area contributed by atoms with Crippen LogP contribution in [0.2, 0.25) is 0 Å². The van der Waals surface area contributed by atoms with Gasteiger partial charge in [0.25, 0.3) is 0 Å². The zero-order valence-electron chi connectivity index (χ0n) is 14.1. The highest BCUT2D eigenvalue weighted by atomic mass is 15.1. The second-order valence-corrected chi connectivity index (χ2v) is 6.49. The van der Waals surface area contributed by atoms with E-state index < -0.39 is 0 Å². The van der Waals surface area contributed by atoms with Gasteiger partial charge >= 0.3 is 0 Å². The minimum absolute atomic E-state index is 0.619. The number of nitrogens with one attached hydrogen (secondary N) is 2. The van der Waals surface area contributed by atoms with Gasteiger partial charge in [0.15, 0.2) is 0 Å². The predicted octanol–water partition coefficient (Wildman–Crippen LogP) is 2.72. The first-order valence-corrected chi connectivity index (χ1v) is 8.05. The van der Waals surface area contributed by atoms with Crippen molar-refractivity contribution in [2.24, 2.45) is 5.92 Å². The van der Waals surface area contributed by atoms with Crippen molar-refractivity contribution in [2.75, 3.05) is 33.7 Å². The third-order valence-electron chi connectivity index (χ3n) is 3.55. The van der Waals surface area contributed by atoms with Gasteiger partial charge in [0.05, 0.1) is 0 Å². The third kappa shape index (κ3) is 11.4. The summed E-state index contributed by atoms with van der Waals surface area (Å²) < 4.78 is 0. The van der Waals surface area contributed by atoms with E-state index in [1.54, 1.807) is 0 Å². The first-order valence-electron chi connectivity index (χ1n) is 8.05. The smallest absolute Gasteiger partial charge is 0.0219 e. The van der Waals surface area contributed by atoms with Crippen LogP contribution in [0.15, 0.2) is 0 Å². The molecule has 0 aliphatic rings. The molecule has 0 aromatic heterocycles. The Hall–Kier alpha value is -0.120. The maximum absolute atomic E-state index is 3.48. The van der Waals surface area contributed by atoms with Crippen molar-refractivity contribution >= 4 is 0 Å². The molecule has 19 heavy (non-hydrogen) atoms. The number of rotatable bonds is 12. The van der Waals surface area contributed by atoms with Crippen LogP contribution in [0.3, 0.4) is 0 Å². The van der Waals surface area contributed by atoms with Gasteiger partial charge in [0.2, 0.25) is 0 Å². The summed E-state index contributed by atoms with van der Waals surface area (Å²) in [5.41, 5.74) is 0. The van der Waals surface area contributed by atoms with Crippen LogP contribution in [0.4, 0.5) is 0 Å². The maximum Gasteiger partial charge on any atom is 0.0219 e. The van der Waals surface area contributed by atoms with Gasteiger partial charge in [-0.05, 0) is 52.4 Å². The van der Waals surface area contributed by atoms with Gasteiger partial charge in [0, 0.05) is 18.6 Å². The van der Waals surface area contributed by atoms with Gasteiger partial charge in [-0.25, -0.2) is 0 Å². The predicted molar refractivity (Wildman–Crippen MR) is 86.8 cm³/mol. The normalized spacial score (nSPS) is 13.7. The summed E-state index contributed by atoms with van der Waals surface area (Å²) in [4.78, 5) is 2.53. The molecule has 0 aliphatic carbocycles. The fourth-order valence-corrected chi connectivity index (χ4v) is 2.44. The Morgan fingerprint density at radius 3 is 2.21 bits per heavy atom. The summed E-state index contributed by atoms with van der Waals surface area (Å²) in [5, 5.41) is 6.80. The molecule has 0 saturated carbocycles. The molecular weight excluding hydrogens is 234 g/mol. The largest absolute Gasteiger partial charge is 0.318 e. The number of nitrogens with zero attached hydrogens (tertiary/aromatic N) is 1. The van der Waals surface area contributed by atoms with E-state index in [1.807, 2.05) is 0 Å². The SMILES string of the molecule is CNCC(CC(C)C)N(C)CCCCCNC(C)C. The van der Waals surface area contributed by atoms with Gasteiger partial charge in [0.1, 0.15) is 0 Å². The van der Waals surface area contributed by atoms with Crippen molar-refractivity contribution in [1.82, 2.24) is 15.5 Å². The van der Waals surface area contributed by atoms with E-state index in [0.29, 0.717) is 12.1 Å². The van der Waals surface area contributed by atoms with E-state index in [0.717, 1.165) is 19.0 Å².